The first-order valence-electron chi connectivity index (χ1n) is 9.40. The minimum absolute atomic E-state index is 0.258. The summed E-state index contributed by atoms with van der Waals surface area (Å²) in [6, 6.07) is 12.7. The summed E-state index contributed by atoms with van der Waals surface area (Å²) in [5.74, 6) is -0.354. The maximum absolute atomic E-state index is 12.2. The molecular weight excluding hydrogens is 390 g/mol. The lowest BCUT2D eigenvalue weighted by Crippen LogP contribution is -2.31. The van der Waals surface area contributed by atoms with Crippen LogP contribution in [0.15, 0.2) is 57.7 Å². The average Bonchev–Trinajstić information content (AvgIpc) is 2.77. The number of rotatable bonds is 5. The molecule has 2 heterocycles. The second kappa shape index (κ2) is 8.28. The fourth-order valence-electron chi connectivity index (χ4n) is 3.10. The second-order valence-electron chi connectivity index (χ2n) is 6.74. The molecule has 1 aliphatic heterocycles. The summed E-state index contributed by atoms with van der Waals surface area (Å²) in [6.07, 6.45) is 0. The Morgan fingerprint density at radius 3 is 2.67 bits per heavy atom. The topological polar surface area (TPSA) is 104 Å². The molecule has 1 aromatic heterocycles. The molecule has 1 N–H and O–H groups in total. The predicted molar refractivity (Wildman–Crippen MR) is 107 cm³/mol. The number of carbonyl (C=O) groups is 2. The van der Waals surface area contributed by atoms with E-state index in [0.717, 1.165) is 11.6 Å². The van der Waals surface area contributed by atoms with Gasteiger partial charge in [-0.25, -0.2) is 4.79 Å². The minimum Gasteiger partial charge on any atom is -0.486 e. The number of nitrogens with one attached hydrogen (secondary N) is 1. The lowest BCUT2D eigenvalue weighted by molar-refractivity contribution is -0.124. The third-order valence-electron chi connectivity index (χ3n) is 4.61. The molecule has 3 aromatic rings. The van der Waals surface area contributed by atoms with E-state index in [-0.39, 0.29) is 22.8 Å². The summed E-state index contributed by atoms with van der Waals surface area (Å²) in [5, 5.41) is 3.11. The van der Waals surface area contributed by atoms with Crippen LogP contribution in [-0.4, -0.2) is 31.7 Å². The van der Waals surface area contributed by atoms with Gasteiger partial charge in [0.1, 0.15) is 18.8 Å². The molecule has 1 atom stereocenters. The van der Waals surface area contributed by atoms with E-state index in [2.05, 4.69) is 5.32 Å². The molecule has 154 valence electrons. The Kier molecular flexibility index (Phi) is 5.38. The number of hydrogen-bond donors (Lipinski definition) is 1. The van der Waals surface area contributed by atoms with Gasteiger partial charge in [0.15, 0.2) is 23.5 Å². The van der Waals surface area contributed by atoms with E-state index in [9.17, 15) is 14.4 Å². The lowest BCUT2D eigenvalue weighted by Gasteiger charge is -2.21. The van der Waals surface area contributed by atoms with Crippen molar-refractivity contribution in [1.82, 2.24) is 5.32 Å². The summed E-state index contributed by atoms with van der Waals surface area (Å²) in [7, 11) is 0. The van der Waals surface area contributed by atoms with Crippen molar-refractivity contribution in [2.24, 2.45) is 0 Å². The molecule has 4 rings (SSSR count). The molecule has 0 saturated carbocycles. The molecule has 0 saturated heterocycles. The molecule has 0 bridgehead atoms. The molecular formula is C22H19NO7. The number of para-hydroxylation sites is 1. The molecule has 0 aliphatic carbocycles. The molecule has 8 heteroatoms. The summed E-state index contributed by atoms with van der Waals surface area (Å²) in [5.41, 5.74) is 0.730. The monoisotopic (exact) mass is 409 g/mol. The number of carbonyl (C=O) groups excluding carboxylic acids is 2. The fourth-order valence-corrected chi connectivity index (χ4v) is 3.10. The van der Waals surface area contributed by atoms with Gasteiger partial charge in [-0.15, -0.1) is 0 Å². The molecule has 1 amide bonds. The van der Waals surface area contributed by atoms with Crippen molar-refractivity contribution in [2.75, 3.05) is 19.8 Å². The Morgan fingerprint density at radius 2 is 1.83 bits per heavy atom. The Labute approximate surface area is 171 Å². The molecule has 0 unspecified atom stereocenters. The van der Waals surface area contributed by atoms with E-state index in [1.807, 2.05) is 6.07 Å². The largest absolute Gasteiger partial charge is 0.486 e. The molecule has 0 spiro atoms. The second-order valence-corrected chi connectivity index (χ2v) is 6.74. The van der Waals surface area contributed by atoms with Crippen LogP contribution in [0.4, 0.5) is 0 Å². The van der Waals surface area contributed by atoms with Crippen molar-refractivity contribution >= 4 is 22.8 Å². The predicted octanol–water partition coefficient (Wildman–Crippen LogP) is 2.60. The van der Waals surface area contributed by atoms with Gasteiger partial charge in [-0.1, -0.05) is 18.2 Å². The van der Waals surface area contributed by atoms with Crippen LogP contribution in [0, 0.1) is 0 Å². The number of amides is 1. The lowest BCUT2D eigenvalue weighted by atomic mass is 10.1. The van der Waals surface area contributed by atoms with E-state index in [1.165, 1.54) is 0 Å². The number of hydrogen-bond acceptors (Lipinski definition) is 7. The van der Waals surface area contributed by atoms with Crippen molar-refractivity contribution < 1.29 is 28.2 Å². The molecule has 1 aliphatic rings. The Balaban J connectivity index is 1.36. The van der Waals surface area contributed by atoms with Gasteiger partial charge in [0, 0.05) is 6.07 Å². The zero-order chi connectivity index (χ0) is 21.1. The van der Waals surface area contributed by atoms with Gasteiger partial charge >= 0.3 is 5.97 Å². The first-order chi connectivity index (χ1) is 14.5. The SMILES string of the molecule is C[C@@H](NC(=O)COC(=O)c1cc(=O)c2ccccc2o1)c1ccc2c(c1)OCCO2. The molecule has 0 radical (unpaired) electrons. The summed E-state index contributed by atoms with van der Waals surface area (Å²) in [4.78, 5) is 36.5. The van der Waals surface area contributed by atoms with Crippen molar-refractivity contribution in [2.45, 2.75) is 13.0 Å². The smallest absolute Gasteiger partial charge is 0.374 e. The van der Waals surface area contributed by atoms with Crippen molar-refractivity contribution in [1.29, 1.82) is 0 Å². The summed E-state index contributed by atoms with van der Waals surface area (Å²) in [6.45, 7) is 2.26. The van der Waals surface area contributed by atoms with Gasteiger partial charge < -0.3 is 23.9 Å². The molecule has 2 aromatic carbocycles. The molecule has 30 heavy (non-hydrogen) atoms. The van der Waals surface area contributed by atoms with E-state index < -0.39 is 18.5 Å². The van der Waals surface area contributed by atoms with Crippen LogP contribution in [-0.2, 0) is 9.53 Å². The van der Waals surface area contributed by atoms with Gasteiger partial charge in [0.25, 0.3) is 5.91 Å². The number of benzene rings is 2. The molecule has 8 nitrogen and oxygen atoms in total. The highest BCUT2D eigenvalue weighted by Crippen LogP contribution is 2.32. The van der Waals surface area contributed by atoms with Crippen LogP contribution in [0.1, 0.15) is 29.1 Å². The van der Waals surface area contributed by atoms with E-state index in [4.69, 9.17) is 18.6 Å². The highest BCUT2D eigenvalue weighted by molar-refractivity contribution is 5.90. The van der Waals surface area contributed by atoms with Gasteiger partial charge in [-0.05, 0) is 36.8 Å². The first kappa shape index (κ1) is 19.5. The van der Waals surface area contributed by atoms with Gasteiger partial charge in [-0.3, -0.25) is 9.59 Å². The van der Waals surface area contributed by atoms with Crippen molar-refractivity contribution in [3.63, 3.8) is 0 Å². The average molecular weight is 409 g/mol. The summed E-state index contributed by atoms with van der Waals surface area (Å²) >= 11 is 0. The minimum atomic E-state index is -0.889. The van der Waals surface area contributed by atoms with Crippen LogP contribution >= 0.6 is 0 Å². The quantitative estimate of drug-likeness (QED) is 0.646. The van der Waals surface area contributed by atoms with Crippen molar-refractivity contribution in [3.05, 3.63) is 70.1 Å². The standard InChI is InChI=1S/C22H19NO7/c1-13(14-6-7-18-19(10-14)28-9-8-27-18)23-21(25)12-29-22(26)20-11-16(24)15-4-2-3-5-17(15)30-20/h2-7,10-11,13H,8-9,12H2,1H3,(H,23,25)/t13-/m1/s1. The van der Waals surface area contributed by atoms with Crippen LogP contribution in [0.25, 0.3) is 11.0 Å². The van der Waals surface area contributed by atoms with E-state index in [0.29, 0.717) is 30.1 Å². The summed E-state index contributed by atoms with van der Waals surface area (Å²) < 4.78 is 21.4. The van der Waals surface area contributed by atoms with Crippen molar-refractivity contribution in [3.8, 4) is 11.5 Å². The Morgan fingerprint density at radius 1 is 1.07 bits per heavy atom. The molecule has 0 fully saturated rings. The van der Waals surface area contributed by atoms with Crippen LogP contribution in [0.3, 0.4) is 0 Å². The number of ether oxygens (including phenoxy) is 3. The maximum Gasteiger partial charge on any atom is 0.374 e. The van der Waals surface area contributed by atoms with E-state index >= 15 is 0 Å². The van der Waals surface area contributed by atoms with Gasteiger partial charge in [0.05, 0.1) is 11.4 Å². The Hall–Kier alpha value is -3.81. The zero-order valence-electron chi connectivity index (χ0n) is 16.2. The third kappa shape index (κ3) is 4.12. The first-order valence-corrected chi connectivity index (χ1v) is 9.40. The van der Waals surface area contributed by atoms with Crippen LogP contribution < -0.4 is 20.2 Å². The number of fused-ring (bicyclic) bond motifs is 2. The highest BCUT2D eigenvalue weighted by Gasteiger charge is 2.18. The number of esters is 1. The van der Waals surface area contributed by atoms with Crippen LogP contribution in [0.2, 0.25) is 0 Å². The highest BCUT2D eigenvalue weighted by atomic mass is 16.6. The maximum atomic E-state index is 12.2. The van der Waals surface area contributed by atoms with Gasteiger partial charge in [-0.2, -0.15) is 0 Å². The van der Waals surface area contributed by atoms with E-state index in [1.54, 1.807) is 43.3 Å². The normalized spacial score (nSPS) is 13.5. The third-order valence-corrected chi connectivity index (χ3v) is 4.61. The Bertz CT molecular complexity index is 1170. The van der Waals surface area contributed by atoms with Crippen LogP contribution in [0.5, 0.6) is 11.5 Å². The zero-order valence-corrected chi connectivity index (χ0v) is 16.2. The fraction of sp³-hybridized carbons (Fsp3) is 0.227. The van der Waals surface area contributed by atoms with Gasteiger partial charge in [0.2, 0.25) is 5.76 Å².